The maximum atomic E-state index is 8.07. The molecular formula is C21H29N7. The van der Waals surface area contributed by atoms with Crippen molar-refractivity contribution >= 4 is 17.3 Å². The standard InChI is InChI=1S/C21H29N7/c1-14-5-7-16(24-2)13-15(14)6-8-18-19(20(22)23)21(25-3)28(26-18)17-9-11-27(4)12-10-17/h5,7,13,17,24-25H,9-12H2,1-4H3,(H3,22,23). The molecule has 0 aliphatic carbocycles. The minimum atomic E-state index is -0.0199. The zero-order valence-electron chi connectivity index (χ0n) is 17.1. The number of benzene rings is 1. The highest BCUT2D eigenvalue weighted by atomic mass is 15.4. The maximum absolute atomic E-state index is 8.07. The molecule has 7 nitrogen and oxygen atoms in total. The average Bonchev–Trinajstić information content (AvgIpc) is 3.06. The Morgan fingerprint density at radius 3 is 2.54 bits per heavy atom. The highest BCUT2D eigenvalue weighted by molar-refractivity contribution is 6.01. The van der Waals surface area contributed by atoms with E-state index in [0.717, 1.165) is 48.6 Å². The van der Waals surface area contributed by atoms with E-state index in [4.69, 9.17) is 16.2 Å². The third kappa shape index (κ3) is 3.97. The van der Waals surface area contributed by atoms with E-state index in [2.05, 4.69) is 34.4 Å². The summed E-state index contributed by atoms with van der Waals surface area (Å²) in [6.45, 7) is 4.09. The van der Waals surface area contributed by atoms with Crippen LogP contribution in [0.5, 0.6) is 0 Å². The number of rotatable bonds is 4. The first kappa shape index (κ1) is 19.8. The molecule has 2 aromatic rings. The molecule has 5 N–H and O–H groups in total. The lowest BCUT2D eigenvalue weighted by molar-refractivity contribution is 0.213. The van der Waals surface area contributed by atoms with E-state index in [-0.39, 0.29) is 11.9 Å². The van der Waals surface area contributed by atoms with E-state index in [9.17, 15) is 0 Å². The van der Waals surface area contributed by atoms with Gasteiger partial charge < -0.3 is 21.3 Å². The van der Waals surface area contributed by atoms with Crippen molar-refractivity contribution in [2.45, 2.75) is 25.8 Å². The van der Waals surface area contributed by atoms with Crippen molar-refractivity contribution in [2.24, 2.45) is 5.73 Å². The van der Waals surface area contributed by atoms with Crippen LogP contribution in [-0.2, 0) is 0 Å². The highest BCUT2D eigenvalue weighted by Crippen LogP contribution is 2.29. The molecule has 0 atom stereocenters. The lowest BCUT2D eigenvalue weighted by Crippen LogP contribution is -2.32. The summed E-state index contributed by atoms with van der Waals surface area (Å²) in [4.78, 5) is 2.32. The van der Waals surface area contributed by atoms with Crippen molar-refractivity contribution in [1.29, 1.82) is 5.41 Å². The number of aromatic nitrogens is 2. The Kier molecular flexibility index (Phi) is 5.90. The van der Waals surface area contributed by atoms with Crippen LogP contribution in [-0.4, -0.2) is 54.7 Å². The molecule has 0 amide bonds. The van der Waals surface area contributed by atoms with Gasteiger partial charge in [0.15, 0.2) is 0 Å². The molecular weight excluding hydrogens is 350 g/mol. The van der Waals surface area contributed by atoms with Gasteiger partial charge in [0.05, 0.1) is 11.6 Å². The number of piperidine rings is 1. The van der Waals surface area contributed by atoms with Crippen molar-refractivity contribution in [3.8, 4) is 11.8 Å². The summed E-state index contributed by atoms with van der Waals surface area (Å²) in [6.07, 6.45) is 2.03. The second kappa shape index (κ2) is 8.36. The number of amidine groups is 1. The van der Waals surface area contributed by atoms with Crippen LogP contribution in [0.2, 0.25) is 0 Å². The molecule has 1 aromatic carbocycles. The predicted molar refractivity (Wildman–Crippen MR) is 115 cm³/mol. The predicted octanol–water partition coefficient (Wildman–Crippen LogP) is 2.23. The fourth-order valence-corrected chi connectivity index (χ4v) is 3.56. The number of likely N-dealkylation sites (tertiary alicyclic amines) is 1. The number of hydrogen-bond acceptors (Lipinski definition) is 5. The van der Waals surface area contributed by atoms with Crippen LogP contribution in [0.3, 0.4) is 0 Å². The van der Waals surface area contributed by atoms with Gasteiger partial charge in [0.1, 0.15) is 17.3 Å². The first-order valence-corrected chi connectivity index (χ1v) is 9.58. The average molecular weight is 380 g/mol. The van der Waals surface area contributed by atoms with Gasteiger partial charge in [-0.1, -0.05) is 12.0 Å². The summed E-state index contributed by atoms with van der Waals surface area (Å²) in [6, 6.07) is 6.36. The van der Waals surface area contributed by atoms with Crippen LogP contribution in [0.15, 0.2) is 18.2 Å². The number of nitrogens with zero attached hydrogens (tertiary/aromatic N) is 3. The van der Waals surface area contributed by atoms with Gasteiger partial charge in [-0.25, -0.2) is 4.68 Å². The Morgan fingerprint density at radius 2 is 1.93 bits per heavy atom. The van der Waals surface area contributed by atoms with E-state index in [1.807, 2.05) is 43.9 Å². The van der Waals surface area contributed by atoms with Crippen LogP contribution < -0.4 is 16.4 Å². The molecule has 0 radical (unpaired) electrons. The summed E-state index contributed by atoms with van der Waals surface area (Å²) in [5.74, 6) is 7.14. The van der Waals surface area contributed by atoms with Gasteiger partial charge in [-0.05, 0) is 63.5 Å². The van der Waals surface area contributed by atoms with Crippen molar-refractivity contribution in [3.05, 3.63) is 40.6 Å². The summed E-state index contributed by atoms with van der Waals surface area (Å²) in [5, 5.41) is 19.2. The fourth-order valence-electron chi connectivity index (χ4n) is 3.56. The van der Waals surface area contributed by atoms with E-state index in [1.54, 1.807) is 0 Å². The van der Waals surface area contributed by atoms with E-state index < -0.39 is 0 Å². The van der Waals surface area contributed by atoms with Gasteiger partial charge in [0.25, 0.3) is 0 Å². The highest BCUT2D eigenvalue weighted by Gasteiger charge is 2.26. The number of hydrogen-bond donors (Lipinski definition) is 4. The quantitative estimate of drug-likeness (QED) is 0.371. The van der Waals surface area contributed by atoms with Gasteiger partial charge >= 0.3 is 0 Å². The number of anilines is 2. The molecule has 7 heteroatoms. The van der Waals surface area contributed by atoms with Crippen LogP contribution >= 0.6 is 0 Å². The lowest BCUT2D eigenvalue weighted by atomic mass is 10.1. The molecule has 1 aromatic heterocycles. The first-order chi connectivity index (χ1) is 13.4. The molecule has 0 spiro atoms. The van der Waals surface area contributed by atoms with Gasteiger partial charge in [-0.3, -0.25) is 5.41 Å². The van der Waals surface area contributed by atoms with Crippen LogP contribution in [0.1, 0.15) is 41.3 Å². The first-order valence-electron chi connectivity index (χ1n) is 9.58. The zero-order chi connectivity index (χ0) is 20.3. The summed E-state index contributed by atoms with van der Waals surface area (Å²) < 4.78 is 1.98. The van der Waals surface area contributed by atoms with Gasteiger partial charge in [0.2, 0.25) is 0 Å². The van der Waals surface area contributed by atoms with Crippen LogP contribution in [0.25, 0.3) is 0 Å². The number of nitrogens with one attached hydrogen (secondary N) is 3. The van der Waals surface area contributed by atoms with Gasteiger partial charge in [-0.2, -0.15) is 5.10 Å². The number of nitrogens with two attached hydrogens (primary N) is 1. The number of aryl methyl sites for hydroxylation is 1. The molecule has 1 saturated heterocycles. The Hall–Kier alpha value is -2.98. The number of nitrogen functional groups attached to an aromatic ring is 1. The lowest BCUT2D eigenvalue weighted by Gasteiger charge is -2.30. The summed E-state index contributed by atoms with van der Waals surface area (Å²) >= 11 is 0. The van der Waals surface area contributed by atoms with E-state index in [1.165, 1.54) is 0 Å². The largest absolute Gasteiger partial charge is 0.388 e. The molecule has 28 heavy (non-hydrogen) atoms. The van der Waals surface area contributed by atoms with Gasteiger partial charge in [-0.15, -0.1) is 0 Å². The Morgan fingerprint density at radius 1 is 1.21 bits per heavy atom. The SMILES string of the molecule is CNc1ccc(C)c(C#Cc2nn(C3CCN(C)CC3)c(NC)c2C(=N)N)c1. The van der Waals surface area contributed by atoms with Crippen molar-refractivity contribution in [3.63, 3.8) is 0 Å². The summed E-state index contributed by atoms with van der Waals surface area (Å²) in [5.41, 5.74) is 10.1. The molecule has 1 fully saturated rings. The zero-order valence-corrected chi connectivity index (χ0v) is 17.1. The smallest absolute Gasteiger partial charge is 0.148 e. The van der Waals surface area contributed by atoms with Crippen molar-refractivity contribution in [2.75, 3.05) is 44.9 Å². The Labute approximate surface area is 166 Å². The van der Waals surface area contributed by atoms with Crippen LogP contribution in [0, 0.1) is 24.2 Å². The minimum absolute atomic E-state index is 0.0199. The van der Waals surface area contributed by atoms with Crippen molar-refractivity contribution in [1.82, 2.24) is 14.7 Å². The maximum Gasteiger partial charge on any atom is 0.148 e. The van der Waals surface area contributed by atoms with E-state index in [0.29, 0.717) is 11.3 Å². The third-order valence-electron chi connectivity index (χ3n) is 5.29. The molecule has 0 unspecified atom stereocenters. The normalized spacial score (nSPS) is 15.0. The second-order valence-corrected chi connectivity index (χ2v) is 7.24. The van der Waals surface area contributed by atoms with Gasteiger partial charge in [0, 0.05) is 25.3 Å². The minimum Gasteiger partial charge on any atom is -0.388 e. The molecule has 0 saturated carbocycles. The molecule has 148 valence electrons. The second-order valence-electron chi connectivity index (χ2n) is 7.24. The molecule has 0 bridgehead atoms. The third-order valence-corrected chi connectivity index (χ3v) is 5.29. The molecule has 1 aliphatic heterocycles. The molecule has 3 rings (SSSR count). The monoisotopic (exact) mass is 379 g/mol. The van der Waals surface area contributed by atoms with Crippen molar-refractivity contribution < 1.29 is 0 Å². The molecule has 2 heterocycles. The Bertz CT molecular complexity index is 924. The fraction of sp³-hybridized carbons (Fsp3) is 0.429. The van der Waals surface area contributed by atoms with E-state index >= 15 is 0 Å². The summed E-state index contributed by atoms with van der Waals surface area (Å²) in [7, 11) is 5.86. The topological polar surface area (TPSA) is 95.0 Å². The van der Waals surface area contributed by atoms with Crippen LogP contribution in [0.4, 0.5) is 11.5 Å². The molecule has 1 aliphatic rings. The Balaban J connectivity index is 2.03.